The summed E-state index contributed by atoms with van der Waals surface area (Å²) in [7, 11) is -3.05. The van der Waals surface area contributed by atoms with Gasteiger partial charge in [-0.15, -0.1) is 11.3 Å². The lowest BCUT2D eigenvalue weighted by Crippen LogP contribution is -2.39. The number of nitrogens with zero attached hydrogens (tertiary/aromatic N) is 2. The van der Waals surface area contributed by atoms with Gasteiger partial charge in [0.2, 0.25) is 0 Å². The molecular weight excluding hydrogens is 420 g/mol. The fourth-order valence-electron chi connectivity index (χ4n) is 4.13. The molecule has 0 aromatic carbocycles. The molecule has 6 nitrogen and oxygen atoms in total. The van der Waals surface area contributed by atoms with E-state index in [2.05, 4.69) is 16.0 Å². The third kappa shape index (κ3) is 4.61. The van der Waals surface area contributed by atoms with E-state index in [0.717, 1.165) is 23.7 Å². The van der Waals surface area contributed by atoms with Crippen LogP contribution in [0, 0.1) is 13.8 Å². The van der Waals surface area contributed by atoms with Crippen molar-refractivity contribution in [3.8, 4) is 0 Å². The highest BCUT2D eigenvalue weighted by atomic mass is 32.2. The maximum absolute atomic E-state index is 13.3. The number of Topliss-reactive ketones (excluding diaryl/α,β-unsaturated/α-hetero) is 1. The summed E-state index contributed by atoms with van der Waals surface area (Å²) in [6.07, 6.45) is 2.15. The maximum atomic E-state index is 13.3. The molecule has 8 heteroatoms. The summed E-state index contributed by atoms with van der Waals surface area (Å²) in [6.45, 7) is 5.34. The molecule has 0 aliphatic carbocycles. The van der Waals surface area contributed by atoms with Crippen LogP contribution in [0.15, 0.2) is 46.4 Å². The van der Waals surface area contributed by atoms with Crippen LogP contribution in [0.3, 0.4) is 0 Å². The smallest absolute Gasteiger partial charge is 0.178 e. The number of rotatable bonds is 8. The molecule has 0 saturated carbocycles. The van der Waals surface area contributed by atoms with Crippen LogP contribution in [-0.4, -0.2) is 47.8 Å². The molecular formula is C22H26N2O4S2. The van der Waals surface area contributed by atoms with Crippen molar-refractivity contribution in [1.82, 2.24) is 9.47 Å². The van der Waals surface area contributed by atoms with Crippen molar-refractivity contribution in [2.24, 2.45) is 0 Å². The zero-order valence-corrected chi connectivity index (χ0v) is 18.8. The molecule has 0 amide bonds. The Morgan fingerprint density at radius 3 is 2.77 bits per heavy atom. The minimum Gasteiger partial charge on any atom is -0.468 e. The van der Waals surface area contributed by atoms with Gasteiger partial charge in [0.15, 0.2) is 15.6 Å². The normalized spacial score (nSPS) is 18.3. The second kappa shape index (κ2) is 8.53. The number of furan rings is 1. The highest BCUT2D eigenvalue weighted by molar-refractivity contribution is 7.91. The van der Waals surface area contributed by atoms with Gasteiger partial charge in [-0.3, -0.25) is 9.69 Å². The summed E-state index contributed by atoms with van der Waals surface area (Å²) < 4.78 is 31.7. The van der Waals surface area contributed by atoms with E-state index in [1.807, 2.05) is 36.9 Å². The van der Waals surface area contributed by atoms with Crippen molar-refractivity contribution < 1.29 is 17.6 Å². The van der Waals surface area contributed by atoms with Crippen LogP contribution < -0.4 is 0 Å². The molecule has 1 aliphatic heterocycles. The van der Waals surface area contributed by atoms with Crippen molar-refractivity contribution in [2.45, 2.75) is 39.4 Å². The first-order chi connectivity index (χ1) is 14.3. The Hall–Kier alpha value is -2.16. The number of aryl methyl sites for hydroxylation is 1. The lowest BCUT2D eigenvalue weighted by Gasteiger charge is -2.26. The SMILES string of the molecule is Cc1cc(C(=O)CN(Cc2ccco2)[C@H]2CCS(=O)(=O)C2)c(C)n1Cc1cccs1. The molecule has 0 radical (unpaired) electrons. The molecule has 4 heterocycles. The topological polar surface area (TPSA) is 72.5 Å². The Balaban J connectivity index is 1.55. The summed E-state index contributed by atoms with van der Waals surface area (Å²) in [6, 6.07) is 9.56. The van der Waals surface area contributed by atoms with E-state index in [4.69, 9.17) is 4.42 Å². The van der Waals surface area contributed by atoms with Crippen molar-refractivity contribution in [3.63, 3.8) is 0 Å². The average molecular weight is 447 g/mol. The van der Waals surface area contributed by atoms with E-state index in [1.165, 1.54) is 4.88 Å². The van der Waals surface area contributed by atoms with E-state index in [-0.39, 0.29) is 29.9 Å². The summed E-state index contributed by atoms with van der Waals surface area (Å²) in [5.41, 5.74) is 2.70. The van der Waals surface area contributed by atoms with Crippen molar-refractivity contribution in [3.05, 3.63) is 69.6 Å². The van der Waals surface area contributed by atoms with Crippen LogP contribution in [0.25, 0.3) is 0 Å². The van der Waals surface area contributed by atoms with Crippen molar-refractivity contribution in [2.75, 3.05) is 18.1 Å². The lowest BCUT2D eigenvalue weighted by atomic mass is 10.1. The molecule has 0 N–H and O–H groups in total. The fraction of sp³-hybridized carbons (Fsp3) is 0.409. The third-order valence-electron chi connectivity index (χ3n) is 5.78. The zero-order chi connectivity index (χ0) is 21.3. The van der Waals surface area contributed by atoms with E-state index >= 15 is 0 Å². The zero-order valence-electron chi connectivity index (χ0n) is 17.2. The second-order valence-corrected chi connectivity index (χ2v) is 11.2. The first-order valence-corrected chi connectivity index (χ1v) is 12.7. The molecule has 0 unspecified atom stereocenters. The van der Waals surface area contributed by atoms with Gasteiger partial charge in [0.05, 0.1) is 37.4 Å². The molecule has 1 atom stereocenters. The van der Waals surface area contributed by atoms with E-state index in [0.29, 0.717) is 18.5 Å². The first kappa shape index (κ1) is 21.1. The molecule has 1 fully saturated rings. The Morgan fingerprint density at radius 1 is 1.30 bits per heavy atom. The van der Waals surface area contributed by atoms with Gasteiger partial charge in [0.1, 0.15) is 5.76 Å². The van der Waals surface area contributed by atoms with Crippen LogP contribution in [0.4, 0.5) is 0 Å². The predicted octanol–water partition coefficient (Wildman–Crippen LogP) is 3.68. The quantitative estimate of drug-likeness (QED) is 0.494. The van der Waals surface area contributed by atoms with Gasteiger partial charge < -0.3 is 8.98 Å². The van der Waals surface area contributed by atoms with Gasteiger partial charge >= 0.3 is 0 Å². The number of hydrogen-bond donors (Lipinski definition) is 0. The van der Waals surface area contributed by atoms with Crippen LogP contribution >= 0.6 is 11.3 Å². The second-order valence-electron chi connectivity index (χ2n) is 7.91. The Bertz CT molecular complexity index is 1110. The van der Waals surface area contributed by atoms with Gasteiger partial charge in [-0.2, -0.15) is 0 Å². The standard InChI is InChI=1S/C22H26N2O4S2/c1-16-11-21(17(2)24(16)13-20-6-4-9-29-20)22(25)14-23(12-19-5-3-8-28-19)18-7-10-30(26,27)15-18/h3-6,8-9,11,18H,7,10,12-15H2,1-2H3/t18-/m0/s1. The van der Waals surface area contributed by atoms with Gasteiger partial charge in [-0.05, 0) is 49.9 Å². The molecule has 1 aliphatic rings. The average Bonchev–Trinajstić information content (AvgIpc) is 3.47. The molecule has 30 heavy (non-hydrogen) atoms. The number of carbonyl (C=O) groups excluding carboxylic acids is 1. The largest absolute Gasteiger partial charge is 0.468 e. The van der Waals surface area contributed by atoms with Crippen molar-refractivity contribution in [1.29, 1.82) is 0 Å². The highest BCUT2D eigenvalue weighted by Gasteiger charge is 2.34. The number of thiophene rings is 1. The number of hydrogen-bond acceptors (Lipinski definition) is 6. The van der Waals surface area contributed by atoms with E-state index in [9.17, 15) is 13.2 Å². The number of aromatic nitrogens is 1. The summed E-state index contributed by atoms with van der Waals surface area (Å²) >= 11 is 1.70. The van der Waals surface area contributed by atoms with E-state index < -0.39 is 9.84 Å². The summed E-state index contributed by atoms with van der Waals surface area (Å²) in [5.74, 6) is 1.01. The summed E-state index contributed by atoms with van der Waals surface area (Å²) in [5, 5.41) is 2.05. The molecule has 1 saturated heterocycles. The number of carbonyl (C=O) groups is 1. The number of ketones is 1. The minimum absolute atomic E-state index is 0.0105. The summed E-state index contributed by atoms with van der Waals surface area (Å²) in [4.78, 5) is 16.5. The van der Waals surface area contributed by atoms with Crippen molar-refractivity contribution >= 4 is 27.0 Å². The molecule has 3 aromatic heterocycles. The van der Waals surface area contributed by atoms with Crippen LogP contribution in [0.2, 0.25) is 0 Å². The van der Waals surface area contributed by atoms with Gasteiger partial charge in [-0.1, -0.05) is 6.07 Å². The monoisotopic (exact) mass is 446 g/mol. The van der Waals surface area contributed by atoms with Crippen LogP contribution in [0.1, 0.15) is 38.8 Å². The molecule has 0 bridgehead atoms. The molecule has 160 valence electrons. The third-order valence-corrected chi connectivity index (χ3v) is 8.39. The van der Waals surface area contributed by atoms with Gasteiger partial charge in [0, 0.05) is 27.9 Å². The van der Waals surface area contributed by atoms with Gasteiger partial charge in [-0.25, -0.2) is 8.42 Å². The molecule has 3 aromatic rings. The maximum Gasteiger partial charge on any atom is 0.178 e. The Morgan fingerprint density at radius 2 is 2.13 bits per heavy atom. The molecule has 4 rings (SSSR count). The Kier molecular flexibility index (Phi) is 5.99. The Labute approximate surface area is 181 Å². The van der Waals surface area contributed by atoms with Crippen LogP contribution in [0.5, 0.6) is 0 Å². The van der Waals surface area contributed by atoms with Gasteiger partial charge in [0.25, 0.3) is 0 Å². The number of sulfone groups is 1. The lowest BCUT2D eigenvalue weighted by molar-refractivity contribution is 0.0883. The fourth-order valence-corrected chi connectivity index (χ4v) is 6.59. The van der Waals surface area contributed by atoms with Crippen LogP contribution in [-0.2, 0) is 22.9 Å². The highest BCUT2D eigenvalue weighted by Crippen LogP contribution is 2.23. The first-order valence-electron chi connectivity index (χ1n) is 10.0. The minimum atomic E-state index is -3.05. The van der Waals surface area contributed by atoms with E-state index in [1.54, 1.807) is 23.7 Å². The molecule has 0 spiro atoms. The predicted molar refractivity (Wildman–Crippen MR) is 118 cm³/mol.